The molecular formula is C29H34BrNO8. The van der Waals surface area contributed by atoms with Crippen LogP contribution < -0.4 is 21.7 Å². The molecule has 1 aromatic carbocycles. The highest BCUT2D eigenvalue weighted by atomic mass is 79.9. The van der Waals surface area contributed by atoms with E-state index in [0.29, 0.717) is 37.3 Å². The average Bonchev–Trinajstić information content (AvgIpc) is 3.65. The van der Waals surface area contributed by atoms with Crippen LogP contribution in [0.5, 0.6) is 5.75 Å². The molecule has 1 N–H and O–H groups in total. The minimum absolute atomic E-state index is 0. The molecule has 3 aromatic rings. The van der Waals surface area contributed by atoms with Crippen LogP contribution in [0, 0.1) is 0 Å². The van der Waals surface area contributed by atoms with Gasteiger partial charge in [0.1, 0.15) is 18.4 Å². The molecule has 2 aliphatic heterocycles. The fraction of sp³-hybridized carbons (Fsp3) is 0.448. The Morgan fingerprint density at radius 3 is 2.23 bits per heavy atom. The molecular weight excluding hydrogens is 570 g/mol. The van der Waals surface area contributed by atoms with Gasteiger partial charge in [-0.1, -0.05) is 12.1 Å². The van der Waals surface area contributed by atoms with Gasteiger partial charge in [-0.15, -0.1) is 0 Å². The first-order chi connectivity index (χ1) is 18.3. The summed E-state index contributed by atoms with van der Waals surface area (Å²) in [5, 5.41) is 11.4. The molecule has 0 saturated carbocycles. The molecule has 10 heteroatoms. The fourth-order valence-corrected chi connectivity index (χ4v) is 6.05. The molecule has 2 aliphatic rings. The van der Waals surface area contributed by atoms with Gasteiger partial charge >= 0.3 is 11.9 Å². The van der Waals surface area contributed by atoms with Gasteiger partial charge in [0, 0.05) is 31.2 Å². The number of hydrogen-bond acceptors (Lipinski definition) is 8. The second-order valence-corrected chi connectivity index (χ2v) is 10.3. The first kappa shape index (κ1) is 28.9. The molecule has 4 atom stereocenters. The number of aliphatic hydroxyl groups is 1. The Balaban J connectivity index is 0.00000353. The molecule has 4 heterocycles. The second kappa shape index (κ2) is 12.0. The maximum atomic E-state index is 13.4. The Hall–Kier alpha value is -3.08. The van der Waals surface area contributed by atoms with E-state index >= 15 is 0 Å². The van der Waals surface area contributed by atoms with E-state index in [0.717, 1.165) is 29.4 Å². The minimum atomic E-state index is -2.15. The van der Waals surface area contributed by atoms with Crippen molar-refractivity contribution in [1.82, 2.24) is 0 Å². The smallest absolute Gasteiger partial charge is 0.354 e. The van der Waals surface area contributed by atoms with Crippen LogP contribution in [0.4, 0.5) is 0 Å². The number of benzene rings is 1. The van der Waals surface area contributed by atoms with E-state index in [4.69, 9.17) is 23.0 Å². The van der Waals surface area contributed by atoms with Gasteiger partial charge in [-0.3, -0.25) is 0 Å². The standard InChI is InChI=1S/C29H34NO8.BrH/c1-3-34-27(31)19-37-23-8-4-7-20(15-23)18-30(2)21-11-12-22(30)17-24(16-21)38-28(32)29(33,25-9-5-13-35-25)26-10-6-14-36-26;/h4-10,13-15,21-22,24,33H,3,11-12,16-19H2,1-2H3;1H/q+1;/p-1/t21-,22+,24+,30-;. The van der Waals surface area contributed by atoms with Gasteiger partial charge < -0.3 is 49.6 Å². The molecule has 9 nitrogen and oxygen atoms in total. The molecule has 2 fully saturated rings. The van der Waals surface area contributed by atoms with Crippen LogP contribution in [0.1, 0.15) is 49.7 Å². The van der Waals surface area contributed by atoms with Crippen molar-refractivity contribution in [2.75, 3.05) is 20.3 Å². The third kappa shape index (κ3) is 5.78. The average molecular weight is 604 g/mol. The van der Waals surface area contributed by atoms with Gasteiger partial charge in [0.25, 0.3) is 5.60 Å². The zero-order valence-corrected chi connectivity index (χ0v) is 23.7. The van der Waals surface area contributed by atoms with E-state index < -0.39 is 17.5 Å². The number of ether oxygens (including phenoxy) is 3. The van der Waals surface area contributed by atoms with E-state index in [9.17, 15) is 14.7 Å². The third-order valence-corrected chi connectivity index (χ3v) is 7.98. The number of carbonyl (C=O) groups is 2. The monoisotopic (exact) mass is 603 g/mol. The fourth-order valence-electron chi connectivity index (χ4n) is 6.05. The molecule has 2 bridgehead atoms. The van der Waals surface area contributed by atoms with Crippen molar-refractivity contribution in [2.24, 2.45) is 0 Å². The highest BCUT2D eigenvalue weighted by Crippen LogP contribution is 2.44. The van der Waals surface area contributed by atoms with Crippen LogP contribution >= 0.6 is 0 Å². The molecule has 0 amide bonds. The Kier molecular flexibility index (Phi) is 8.88. The molecule has 0 radical (unpaired) electrons. The van der Waals surface area contributed by atoms with Crippen molar-refractivity contribution in [3.63, 3.8) is 0 Å². The lowest BCUT2D eigenvalue weighted by Gasteiger charge is -2.47. The van der Waals surface area contributed by atoms with E-state index in [1.807, 2.05) is 18.2 Å². The zero-order chi connectivity index (χ0) is 26.8. The molecule has 5 rings (SSSR count). The number of esters is 2. The molecule has 0 spiro atoms. The van der Waals surface area contributed by atoms with Crippen LogP contribution in [0.2, 0.25) is 0 Å². The predicted molar refractivity (Wildman–Crippen MR) is 135 cm³/mol. The summed E-state index contributed by atoms with van der Waals surface area (Å²) >= 11 is 0. The Bertz CT molecular complexity index is 1190. The first-order valence-electron chi connectivity index (χ1n) is 13.1. The lowest BCUT2D eigenvalue weighted by Crippen LogP contribution is -3.00. The van der Waals surface area contributed by atoms with E-state index in [-0.39, 0.29) is 41.2 Å². The summed E-state index contributed by atoms with van der Waals surface area (Å²) in [6.45, 7) is 2.76. The van der Waals surface area contributed by atoms with Gasteiger partial charge in [-0.2, -0.15) is 0 Å². The first-order valence-corrected chi connectivity index (χ1v) is 13.1. The number of halogens is 1. The van der Waals surface area contributed by atoms with Crippen molar-refractivity contribution < 1.29 is 59.2 Å². The maximum Gasteiger partial charge on any atom is 0.354 e. The second-order valence-electron chi connectivity index (χ2n) is 10.3. The summed E-state index contributed by atoms with van der Waals surface area (Å²) in [5.41, 5.74) is -1.03. The van der Waals surface area contributed by atoms with E-state index in [2.05, 4.69) is 13.1 Å². The highest BCUT2D eigenvalue weighted by molar-refractivity contribution is 5.83. The van der Waals surface area contributed by atoms with Gasteiger partial charge in [0.15, 0.2) is 18.1 Å². The summed E-state index contributed by atoms with van der Waals surface area (Å²) in [4.78, 5) is 25.0. The van der Waals surface area contributed by atoms with Crippen molar-refractivity contribution >= 4 is 11.9 Å². The number of nitrogens with zero attached hydrogens (tertiary/aromatic N) is 1. The lowest BCUT2D eigenvalue weighted by molar-refractivity contribution is -0.961. The minimum Gasteiger partial charge on any atom is -1.00 e. The van der Waals surface area contributed by atoms with Crippen molar-refractivity contribution in [1.29, 1.82) is 0 Å². The SMILES string of the molecule is CCOC(=O)COc1cccc(C[N@+]2(C)[C@@H]3CC[C@H]2C[C@@H](OC(=O)C(O)(c2ccco2)c2ccco2)C3)c1.[Br-]. The largest absolute Gasteiger partial charge is 1.00 e. The lowest BCUT2D eigenvalue weighted by atomic mass is 9.94. The number of piperidine rings is 1. The van der Waals surface area contributed by atoms with E-state index in [1.165, 1.54) is 24.7 Å². The van der Waals surface area contributed by atoms with Crippen molar-refractivity contribution in [3.05, 3.63) is 78.1 Å². The van der Waals surface area contributed by atoms with Crippen LogP contribution in [0.3, 0.4) is 0 Å². The molecule has 210 valence electrons. The zero-order valence-electron chi connectivity index (χ0n) is 22.1. The van der Waals surface area contributed by atoms with Crippen LogP contribution in [0.15, 0.2) is 69.9 Å². The van der Waals surface area contributed by atoms with Gasteiger partial charge in [0.05, 0.1) is 38.3 Å². The summed E-state index contributed by atoms with van der Waals surface area (Å²) in [6.07, 6.45) is 5.95. The topological polar surface area (TPSA) is 108 Å². The quantitative estimate of drug-likeness (QED) is 0.269. The molecule has 2 saturated heterocycles. The summed E-state index contributed by atoms with van der Waals surface area (Å²) in [5.74, 6) is -0.441. The van der Waals surface area contributed by atoms with Crippen LogP contribution in [-0.2, 0) is 31.2 Å². The van der Waals surface area contributed by atoms with Gasteiger partial charge in [-0.25, -0.2) is 9.59 Å². The number of carbonyl (C=O) groups excluding carboxylic acids is 2. The number of rotatable bonds is 10. The number of furan rings is 2. The van der Waals surface area contributed by atoms with Crippen LogP contribution in [-0.4, -0.2) is 60.0 Å². The number of hydrogen-bond donors (Lipinski definition) is 1. The van der Waals surface area contributed by atoms with Gasteiger partial charge in [0.2, 0.25) is 0 Å². The predicted octanol–water partition coefficient (Wildman–Crippen LogP) is 0.938. The number of fused-ring (bicyclic) bond motifs is 2. The molecule has 2 aromatic heterocycles. The summed E-state index contributed by atoms with van der Waals surface area (Å²) in [7, 11) is 2.26. The maximum absolute atomic E-state index is 13.4. The molecule has 0 unspecified atom stereocenters. The van der Waals surface area contributed by atoms with E-state index in [1.54, 1.807) is 19.1 Å². The Labute approximate surface area is 238 Å². The summed E-state index contributed by atoms with van der Waals surface area (Å²) < 4.78 is 28.1. The van der Waals surface area contributed by atoms with Crippen molar-refractivity contribution in [3.8, 4) is 5.75 Å². The van der Waals surface area contributed by atoms with Crippen LogP contribution in [0.25, 0.3) is 0 Å². The highest BCUT2D eigenvalue weighted by Gasteiger charge is 2.54. The van der Waals surface area contributed by atoms with Crippen molar-refractivity contribution in [2.45, 2.75) is 62.9 Å². The Morgan fingerprint density at radius 2 is 1.67 bits per heavy atom. The third-order valence-electron chi connectivity index (χ3n) is 7.98. The number of quaternary nitrogens is 1. The molecule has 39 heavy (non-hydrogen) atoms. The van der Waals surface area contributed by atoms with Gasteiger partial charge in [-0.05, 0) is 43.3 Å². The Morgan fingerprint density at radius 1 is 1.03 bits per heavy atom. The normalized spacial score (nSPS) is 24.0. The summed E-state index contributed by atoms with van der Waals surface area (Å²) in [6, 6.07) is 14.7. The molecule has 0 aliphatic carbocycles.